The van der Waals surface area contributed by atoms with Crippen LogP contribution in [0.4, 0.5) is 9.59 Å². The summed E-state index contributed by atoms with van der Waals surface area (Å²) in [5.41, 5.74) is 5.14. The number of pyridine rings is 1. The molecule has 0 saturated carbocycles. The average Bonchev–Trinajstić information content (AvgIpc) is 3.71. The molecule has 312 valence electrons. The Labute approximate surface area is 339 Å². The molecule has 0 aliphatic carbocycles. The van der Waals surface area contributed by atoms with Gasteiger partial charge in [-0.05, 0) is 53.1 Å². The van der Waals surface area contributed by atoms with E-state index in [9.17, 15) is 29.4 Å². The number of imidazole rings is 1. The molecule has 1 aliphatic heterocycles. The zero-order valence-electron chi connectivity index (χ0n) is 34.4. The summed E-state index contributed by atoms with van der Waals surface area (Å²) in [6, 6.07) is 17.2. The van der Waals surface area contributed by atoms with E-state index in [1.54, 1.807) is 56.0 Å². The van der Waals surface area contributed by atoms with Gasteiger partial charge in [0, 0.05) is 39.4 Å². The van der Waals surface area contributed by atoms with Gasteiger partial charge in [0.2, 0.25) is 5.91 Å². The maximum absolute atomic E-state index is 14.5. The number of amides is 5. The van der Waals surface area contributed by atoms with Crippen LogP contribution < -0.4 is 20.8 Å². The fourth-order valence-electron chi connectivity index (χ4n) is 7.21. The molecule has 3 heterocycles. The fraction of sp³-hybridized carbons (Fsp3) is 0.476. The van der Waals surface area contributed by atoms with Gasteiger partial charge in [0.05, 0.1) is 25.8 Å². The van der Waals surface area contributed by atoms with Gasteiger partial charge in [-0.25, -0.2) is 24.6 Å². The van der Waals surface area contributed by atoms with Crippen molar-refractivity contribution in [2.45, 2.75) is 84.8 Å². The van der Waals surface area contributed by atoms with E-state index in [1.807, 2.05) is 80.1 Å². The highest BCUT2D eigenvalue weighted by molar-refractivity contribution is 5.88. The number of hydrazine groups is 1. The number of carbonyl (C=O) groups is 4. The predicted octanol–water partition coefficient (Wildman–Crippen LogP) is 3.93. The van der Waals surface area contributed by atoms with Crippen molar-refractivity contribution >= 4 is 35.1 Å². The number of hydrogen-bond donors (Lipinski definition) is 5. The number of urea groups is 1. The van der Waals surface area contributed by atoms with Crippen molar-refractivity contribution in [1.29, 1.82) is 0 Å². The second-order valence-corrected chi connectivity index (χ2v) is 16.0. The van der Waals surface area contributed by atoms with Gasteiger partial charge in [0.1, 0.15) is 29.2 Å². The van der Waals surface area contributed by atoms with Gasteiger partial charge in [-0.15, -0.1) is 0 Å². The third-order valence-corrected chi connectivity index (χ3v) is 10.7. The van der Waals surface area contributed by atoms with Crippen LogP contribution >= 0.6 is 0 Å². The number of nitrogens with one attached hydrogen (secondary N) is 3. The van der Waals surface area contributed by atoms with Crippen molar-refractivity contribution in [3.05, 3.63) is 89.9 Å². The standard InChI is InChI=1S/C42H57N9O7/c1-8-27(2)35(51-22-21-49(41(51)57)26-34-44-31-15-12-20-43-37(31)48(34)6)38(53)45-32(23-28-13-10-9-11-14-28)33(52)25-50(24-29-16-18-30(58-7)19-17-29)47-39(54)36(42(3,4)5)46-40(55)56/h9-20,27,32-33,35-36,46,52H,8,21-26H2,1-7H3,(H,45,53)(H,47,54)(H,55,56)/t27-,32-,33-,35-,36+/m0/s1. The Bertz CT molecular complexity index is 2020. The first-order valence-electron chi connectivity index (χ1n) is 19.6. The predicted molar refractivity (Wildman–Crippen MR) is 218 cm³/mol. The van der Waals surface area contributed by atoms with Crippen LogP contribution in [0.2, 0.25) is 0 Å². The molecule has 4 aromatic rings. The van der Waals surface area contributed by atoms with Gasteiger partial charge in [-0.3, -0.25) is 15.0 Å². The summed E-state index contributed by atoms with van der Waals surface area (Å²) in [5.74, 6) is 0.0869. The topological polar surface area (TPSA) is 194 Å². The zero-order valence-corrected chi connectivity index (χ0v) is 34.4. The molecule has 0 radical (unpaired) electrons. The van der Waals surface area contributed by atoms with Gasteiger partial charge >= 0.3 is 12.1 Å². The van der Waals surface area contributed by atoms with Crippen LogP contribution in [0.15, 0.2) is 72.9 Å². The normalized spacial score (nSPS) is 15.8. The van der Waals surface area contributed by atoms with Crippen molar-refractivity contribution in [3.63, 3.8) is 0 Å². The molecule has 2 aromatic carbocycles. The van der Waals surface area contributed by atoms with E-state index in [0.717, 1.165) is 16.6 Å². The molecule has 1 fully saturated rings. The number of aliphatic hydroxyl groups is 1. The molecular weight excluding hydrogens is 743 g/mol. The van der Waals surface area contributed by atoms with E-state index in [-0.39, 0.29) is 38.0 Å². The highest BCUT2D eigenvalue weighted by Gasteiger charge is 2.41. The Morgan fingerprint density at radius 2 is 1.67 bits per heavy atom. The van der Waals surface area contributed by atoms with Crippen LogP contribution in [-0.4, -0.2) is 114 Å². The SMILES string of the molecule is CC[C@H](C)[C@@H](C(=O)N[C@@H](Cc1ccccc1)[C@@H](O)CN(Cc1ccc(OC)cc1)NC(=O)[C@@H](NC(=O)O)C(C)(C)C)N1CCN(Cc2nc3cccnc3n2C)C1=O. The molecule has 5 N–H and O–H groups in total. The molecule has 16 heteroatoms. The number of aliphatic hydroxyl groups excluding tert-OH is 1. The highest BCUT2D eigenvalue weighted by Crippen LogP contribution is 2.25. The number of methoxy groups -OCH3 is 1. The molecule has 0 spiro atoms. The molecule has 5 amide bonds. The minimum absolute atomic E-state index is 0.137. The Morgan fingerprint density at radius 1 is 0.966 bits per heavy atom. The van der Waals surface area contributed by atoms with Crippen molar-refractivity contribution in [1.82, 2.24) is 45.4 Å². The molecular formula is C42H57N9O7. The van der Waals surface area contributed by atoms with Crippen LogP contribution in [-0.2, 0) is 36.1 Å². The first-order valence-corrected chi connectivity index (χ1v) is 19.6. The van der Waals surface area contributed by atoms with Gasteiger partial charge in [0.25, 0.3) is 5.91 Å². The second kappa shape index (κ2) is 19.1. The Kier molecular flexibility index (Phi) is 14.3. The summed E-state index contributed by atoms with van der Waals surface area (Å²) in [4.78, 5) is 66.4. The monoisotopic (exact) mass is 799 g/mol. The van der Waals surface area contributed by atoms with E-state index in [2.05, 4.69) is 21.0 Å². The Hall–Kier alpha value is -5.74. The molecule has 2 aromatic heterocycles. The van der Waals surface area contributed by atoms with Gasteiger partial charge in [-0.1, -0.05) is 83.5 Å². The third-order valence-electron chi connectivity index (χ3n) is 10.7. The molecule has 58 heavy (non-hydrogen) atoms. The first kappa shape index (κ1) is 43.4. The van der Waals surface area contributed by atoms with Crippen LogP contribution in [0.1, 0.15) is 58.0 Å². The van der Waals surface area contributed by atoms with Crippen LogP contribution in [0.3, 0.4) is 0 Å². The van der Waals surface area contributed by atoms with Crippen molar-refractivity contribution < 1.29 is 34.1 Å². The second-order valence-electron chi connectivity index (χ2n) is 16.0. The third kappa shape index (κ3) is 10.8. The maximum Gasteiger partial charge on any atom is 0.405 e. The van der Waals surface area contributed by atoms with Crippen LogP contribution in [0, 0.1) is 11.3 Å². The quantitative estimate of drug-likeness (QED) is 0.0921. The average molecular weight is 800 g/mol. The summed E-state index contributed by atoms with van der Waals surface area (Å²) in [7, 11) is 3.42. The number of rotatable bonds is 18. The molecule has 16 nitrogen and oxygen atoms in total. The number of carboxylic acid groups (broad SMARTS) is 1. The van der Waals surface area contributed by atoms with Gasteiger partial charge in [0.15, 0.2) is 5.65 Å². The lowest BCUT2D eigenvalue weighted by Gasteiger charge is -2.36. The number of benzene rings is 2. The lowest BCUT2D eigenvalue weighted by Crippen LogP contribution is -2.60. The van der Waals surface area contributed by atoms with E-state index in [4.69, 9.17) is 9.72 Å². The molecule has 5 atom stereocenters. The summed E-state index contributed by atoms with van der Waals surface area (Å²) in [6.07, 6.45) is -0.0224. The lowest BCUT2D eigenvalue weighted by atomic mass is 9.86. The lowest BCUT2D eigenvalue weighted by molar-refractivity contribution is -0.132. The largest absolute Gasteiger partial charge is 0.497 e. The smallest absolute Gasteiger partial charge is 0.405 e. The van der Waals surface area contributed by atoms with Crippen molar-refractivity contribution in [2.75, 3.05) is 26.7 Å². The van der Waals surface area contributed by atoms with E-state index in [1.165, 1.54) is 5.01 Å². The zero-order chi connectivity index (χ0) is 42.1. The summed E-state index contributed by atoms with van der Waals surface area (Å²) in [5, 5.41) is 28.5. The minimum atomic E-state index is -1.35. The summed E-state index contributed by atoms with van der Waals surface area (Å²) >= 11 is 0. The number of aryl methyl sites for hydroxylation is 1. The van der Waals surface area contributed by atoms with E-state index < -0.39 is 47.6 Å². The van der Waals surface area contributed by atoms with Crippen LogP contribution in [0.5, 0.6) is 5.75 Å². The van der Waals surface area contributed by atoms with Gasteiger partial charge < -0.3 is 40.0 Å². The first-order chi connectivity index (χ1) is 27.6. The van der Waals surface area contributed by atoms with Crippen molar-refractivity contribution in [3.8, 4) is 5.75 Å². The molecule has 5 rings (SSSR count). The Morgan fingerprint density at radius 3 is 2.29 bits per heavy atom. The highest BCUT2D eigenvalue weighted by atomic mass is 16.5. The summed E-state index contributed by atoms with van der Waals surface area (Å²) in [6.45, 7) is 10.1. The number of ether oxygens (including phenoxy) is 1. The number of nitrogens with zero attached hydrogens (tertiary/aromatic N) is 6. The summed E-state index contributed by atoms with van der Waals surface area (Å²) < 4.78 is 7.18. The Balaban J connectivity index is 1.39. The van der Waals surface area contributed by atoms with Gasteiger partial charge in [-0.2, -0.15) is 0 Å². The minimum Gasteiger partial charge on any atom is -0.497 e. The fourth-order valence-corrected chi connectivity index (χ4v) is 7.21. The number of fused-ring (bicyclic) bond motifs is 1. The molecule has 1 aliphatic rings. The number of carbonyl (C=O) groups excluding carboxylic acids is 3. The molecule has 1 saturated heterocycles. The van der Waals surface area contributed by atoms with Crippen molar-refractivity contribution in [2.24, 2.45) is 18.4 Å². The molecule has 0 unspecified atom stereocenters. The number of aromatic nitrogens is 3. The van der Waals surface area contributed by atoms with Crippen LogP contribution in [0.25, 0.3) is 11.2 Å². The number of hydrogen-bond acceptors (Lipinski definition) is 9. The maximum atomic E-state index is 14.5. The molecule has 0 bridgehead atoms. The van der Waals surface area contributed by atoms with E-state index in [0.29, 0.717) is 36.7 Å². The van der Waals surface area contributed by atoms with E-state index >= 15 is 0 Å².